The molecule has 0 aliphatic rings. The minimum Gasteiger partial charge on any atom is -0.456 e. The monoisotopic (exact) mass is 944 g/mol. The van der Waals surface area contributed by atoms with E-state index in [0.29, 0.717) is 17.8 Å². The van der Waals surface area contributed by atoms with Crippen molar-refractivity contribution in [2.45, 2.75) is 139 Å². The first-order valence-corrected chi connectivity index (χ1v) is 46.2. The van der Waals surface area contributed by atoms with Gasteiger partial charge in [0.15, 0.2) is 49.9 Å². The van der Waals surface area contributed by atoms with Crippen LogP contribution in [0.2, 0.25) is 139 Å². The normalized spacial score (nSPS) is 15.9. The van der Waals surface area contributed by atoms with Crippen LogP contribution < -0.4 is 0 Å². The highest BCUT2D eigenvalue weighted by molar-refractivity contribution is 6.94. The lowest BCUT2D eigenvalue weighted by atomic mass is 10.9. The molecule has 0 aliphatic heterocycles. The van der Waals surface area contributed by atoms with Crippen LogP contribution in [0.3, 0.4) is 0 Å². The van der Waals surface area contributed by atoms with Crippen LogP contribution in [0.5, 0.6) is 0 Å². The van der Waals surface area contributed by atoms with Crippen molar-refractivity contribution in [2.75, 3.05) is 64.0 Å². The van der Waals surface area contributed by atoms with Crippen molar-refractivity contribution in [1.29, 1.82) is 0 Å². The molecule has 0 aromatic carbocycles. The van der Waals surface area contributed by atoms with Crippen LogP contribution in [0.25, 0.3) is 0 Å². The Bertz CT molecular complexity index is 1050. The first kappa shape index (κ1) is 55.6. The molecule has 0 N–H and O–H groups in total. The Morgan fingerprint density at radius 2 is 0.463 bits per heavy atom. The van der Waals surface area contributed by atoms with Crippen LogP contribution in [0.1, 0.15) is 0 Å². The molecular weight excluding hydrogens is 861 g/mol. The maximum Gasteiger partial charge on any atom is 0.500 e. The zero-order valence-electron chi connectivity index (χ0n) is 38.7. The summed E-state index contributed by atoms with van der Waals surface area (Å²) in [6.45, 7) is 30.1. The lowest BCUT2D eigenvalue weighted by Crippen LogP contribution is -2.59. The van der Waals surface area contributed by atoms with Crippen molar-refractivity contribution >= 4 is 84.9 Å². The van der Waals surface area contributed by atoms with E-state index in [2.05, 4.69) is 85.1 Å². The fraction of sp³-hybridized carbons (Fsp3) is 1.00. The molecule has 1 atom stereocenters. The number of hydrogen-bond donors (Lipinski definition) is 0. The van der Waals surface area contributed by atoms with Gasteiger partial charge in [-0.25, -0.2) is 0 Å². The van der Waals surface area contributed by atoms with Gasteiger partial charge in [0, 0.05) is 81.7 Å². The zero-order valence-corrected chi connectivity index (χ0v) is 48.7. The molecule has 0 radical (unpaired) electrons. The molecule has 0 spiro atoms. The average molecular weight is 946 g/mol. The molecule has 326 valence electrons. The zero-order chi connectivity index (χ0) is 42.6. The van der Waals surface area contributed by atoms with Gasteiger partial charge in [0.2, 0.25) is 0 Å². The Kier molecular flexibility index (Phi) is 23.2. The SMILES string of the molecule is CO[Si](CC[Si](C)(C)O[Si](C)(C)CC[Si](C)(C)O[Si](C)(C)CC[Si](C)(C)O[Si](C)(CC[Si](OC)(OC)OC)O[Si](C)(C)C[Si](OC)(OC)OC)(OC)OC. The van der Waals surface area contributed by atoms with Gasteiger partial charge in [0.1, 0.15) is 0 Å². The minimum atomic E-state index is -2.87. The molecule has 54 heavy (non-hydrogen) atoms. The first-order valence-electron chi connectivity index (χ1n) is 19.2. The van der Waals surface area contributed by atoms with Crippen LogP contribution in [-0.4, -0.2) is 149 Å². The van der Waals surface area contributed by atoms with Crippen molar-refractivity contribution in [3.63, 3.8) is 0 Å². The average Bonchev–Trinajstić information content (AvgIpc) is 3.06. The van der Waals surface area contributed by atoms with E-state index < -0.39 is 84.9 Å². The third-order valence-corrected chi connectivity index (χ3v) is 49.7. The molecule has 0 saturated carbocycles. The summed E-state index contributed by atoms with van der Waals surface area (Å²) < 4.78 is 80.7. The van der Waals surface area contributed by atoms with E-state index >= 15 is 0 Å². The van der Waals surface area contributed by atoms with Gasteiger partial charge < -0.3 is 56.3 Å². The van der Waals surface area contributed by atoms with E-state index in [-0.39, 0.29) is 0 Å². The fourth-order valence-electron chi connectivity index (χ4n) is 7.22. The van der Waals surface area contributed by atoms with E-state index in [9.17, 15) is 0 Å². The van der Waals surface area contributed by atoms with E-state index in [0.717, 1.165) is 36.3 Å². The lowest BCUT2D eigenvalue weighted by Gasteiger charge is -2.43. The fourth-order valence-corrected chi connectivity index (χ4v) is 57.8. The molecule has 0 aromatic rings. The van der Waals surface area contributed by atoms with Crippen molar-refractivity contribution in [3.05, 3.63) is 0 Å². The van der Waals surface area contributed by atoms with Crippen molar-refractivity contribution in [1.82, 2.24) is 0 Å². The van der Waals surface area contributed by atoms with Gasteiger partial charge in [-0.2, -0.15) is 0 Å². The molecule has 13 nitrogen and oxygen atoms in total. The Hall–Kier alpha value is 1.65. The summed E-state index contributed by atoms with van der Waals surface area (Å²) in [6, 6.07) is 7.23. The third kappa shape index (κ3) is 19.8. The topological polar surface area (TPSA) is 120 Å². The van der Waals surface area contributed by atoms with Crippen LogP contribution in [0.15, 0.2) is 0 Å². The van der Waals surface area contributed by atoms with Gasteiger partial charge in [-0.05, 0) is 121 Å². The van der Waals surface area contributed by atoms with Crippen LogP contribution in [0.4, 0.5) is 0 Å². The van der Waals surface area contributed by atoms with Crippen molar-refractivity contribution < 1.29 is 56.3 Å². The van der Waals surface area contributed by atoms with Gasteiger partial charge in [-0.3, -0.25) is 0 Å². The number of rotatable bonds is 31. The number of hydrogen-bond acceptors (Lipinski definition) is 13. The minimum absolute atomic E-state index is 0.609. The third-order valence-electron chi connectivity index (χ3n) is 10.1. The summed E-state index contributed by atoms with van der Waals surface area (Å²) in [5.41, 5.74) is 0.619. The molecule has 0 aliphatic carbocycles. The first-order chi connectivity index (χ1) is 24.4. The van der Waals surface area contributed by atoms with Gasteiger partial charge in [-0.15, -0.1) is 0 Å². The van der Waals surface area contributed by atoms with Gasteiger partial charge in [0.25, 0.3) is 0 Å². The largest absolute Gasteiger partial charge is 0.500 e. The molecule has 23 heteroatoms. The summed E-state index contributed by atoms with van der Waals surface area (Å²) >= 11 is 0. The maximum atomic E-state index is 7.32. The summed E-state index contributed by atoms with van der Waals surface area (Å²) in [7, 11) is -8.73. The molecule has 0 saturated heterocycles. The van der Waals surface area contributed by atoms with Crippen LogP contribution in [-0.2, 0) is 56.3 Å². The molecule has 0 heterocycles. The molecule has 0 fully saturated rings. The Morgan fingerprint density at radius 1 is 0.241 bits per heavy atom. The molecular formula is C31H84O13Si10. The molecule has 0 bridgehead atoms. The van der Waals surface area contributed by atoms with Gasteiger partial charge >= 0.3 is 35.0 Å². The Morgan fingerprint density at radius 3 is 0.741 bits per heavy atom. The highest BCUT2D eigenvalue weighted by atomic mass is 28.5. The second-order valence-electron chi connectivity index (χ2n) is 18.2. The van der Waals surface area contributed by atoms with E-state index in [1.807, 2.05) is 0 Å². The summed E-state index contributed by atoms with van der Waals surface area (Å²) in [5, 5.41) is 0. The van der Waals surface area contributed by atoms with Crippen molar-refractivity contribution in [3.8, 4) is 0 Å². The highest BCUT2D eigenvalue weighted by Gasteiger charge is 2.52. The summed E-state index contributed by atoms with van der Waals surface area (Å²) in [4.78, 5) is 0. The Labute approximate surface area is 342 Å². The predicted molar refractivity (Wildman–Crippen MR) is 244 cm³/mol. The lowest BCUT2D eigenvalue weighted by molar-refractivity contribution is 0.123. The molecule has 1 unspecified atom stereocenters. The van der Waals surface area contributed by atoms with E-state index in [1.165, 1.54) is 0 Å². The predicted octanol–water partition coefficient (Wildman–Crippen LogP) is 8.53. The maximum absolute atomic E-state index is 7.32. The van der Waals surface area contributed by atoms with Gasteiger partial charge in [-0.1, -0.05) is 0 Å². The Balaban J connectivity index is 5.85. The molecule has 0 rings (SSSR count). The summed E-state index contributed by atoms with van der Waals surface area (Å²) in [6.07, 6.45) is 0. The van der Waals surface area contributed by atoms with E-state index in [4.69, 9.17) is 56.3 Å². The molecule has 0 amide bonds. The smallest absolute Gasteiger partial charge is 0.456 e. The second kappa shape index (κ2) is 22.5. The summed E-state index contributed by atoms with van der Waals surface area (Å²) in [5.74, 6) is 0. The van der Waals surface area contributed by atoms with E-state index in [1.54, 1.807) is 64.0 Å². The van der Waals surface area contributed by atoms with Crippen LogP contribution >= 0.6 is 0 Å². The van der Waals surface area contributed by atoms with Crippen molar-refractivity contribution in [2.24, 2.45) is 0 Å². The second-order valence-corrected chi connectivity index (χ2v) is 58.0. The quantitative estimate of drug-likeness (QED) is 0.0619. The van der Waals surface area contributed by atoms with Crippen LogP contribution in [0, 0.1) is 0 Å². The molecule has 0 aromatic heterocycles. The highest BCUT2D eigenvalue weighted by Crippen LogP contribution is 2.36. The van der Waals surface area contributed by atoms with Gasteiger partial charge in [0.05, 0.1) is 0 Å². The standard InChI is InChI=1S/C31H84O13Si10/c1-32-52(33-2,34-3)29-27-48(16,17)42-46(12,13)24-23-45(10,11)41-47(14,15)25-26-49(18,19)43-51(22,28-30-53(35-4,36-5)37-6)44-50(20,21)31-54(38-7,39-8)40-9/h23-31H2,1-22H3.